The Morgan fingerprint density at radius 1 is 1.33 bits per heavy atom. The molecule has 3 rings (SSSR count). The molecule has 30 heavy (non-hydrogen) atoms. The van der Waals surface area contributed by atoms with Gasteiger partial charge >= 0.3 is 0 Å². The molecule has 8 heteroatoms. The van der Waals surface area contributed by atoms with Crippen molar-refractivity contribution in [3.05, 3.63) is 17.8 Å². The molecule has 2 fully saturated rings. The fourth-order valence-corrected chi connectivity index (χ4v) is 3.40. The predicted molar refractivity (Wildman–Crippen MR) is 113 cm³/mol. The molecule has 1 atom stereocenters. The lowest BCUT2D eigenvalue weighted by Gasteiger charge is -2.40. The molecule has 7 nitrogen and oxygen atoms in total. The highest BCUT2D eigenvalue weighted by Gasteiger charge is 2.31. The van der Waals surface area contributed by atoms with Crippen LogP contribution in [-0.4, -0.2) is 69.7 Å². The van der Waals surface area contributed by atoms with Crippen LogP contribution in [0, 0.1) is 5.92 Å². The Morgan fingerprint density at radius 3 is 2.80 bits per heavy atom. The van der Waals surface area contributed by atoms with E-state index >= 15 is 0 Å². The number of hydrogen-bond acceptors (Lipinski definition) is 6. The fourth-order valence-electron chi connectivity index (χ4n) is 3.40. The van der Waals surface area contributed by atoms with Crippen molar-refractivity contribution in [2.75, 3.05) is 51.6 Å². The van der Waals surface area contributed by atoms with Crippen LogP contribution in [-0.2, 0) is 9.47 Å². The molecule has 1 amide bonds. The number of methoxy groups -OCH3 is 1. The summed E-state index contributed by atoms with van der Waals surface area (Å²) >= 11 is 0. The van der Waals surface area contributed by atoms with Crippen LogP contribution in [0.3, 0.4) is 0 Å². The van der Waals surface area contributed by atoms with Crippen LogP contribution in [0.5, 0.6) is 5.88 Å². The third kappa shape index (κ3) is 6.54. The standard InChI is InChI=1S/C22H34FN3O4/c1-3-17(5-4-11-29-12-10-23)24-21(27)19-8-9-20(26-13-18(14-26)28-2)22(25-19)30-15-16-6-7-16/h8-9,16-18H,3-7,10-15H2,1-2H3,(H,24,27)/t17-/m0/s1. The smallest absolute Gasteiger partial charge is 0.270 e. The van der Waals surface area contributed by atoms with Gasteiger partial charge in [0.05, 0.1) is 19.3 Å². The molecule has 1 N–H and O–H groups in total. The maximum atomic E-state index is 12.8. The van der Waals surface area contributed by atoms with Gasteiger partial charge in [0.15, 0.2) is 0 Å². The molecule has 1 saturated carbocycles. The van der Waals surface area contributed by atoms with E-state index in [1.807, 2.05) is 13.0 Å². The summed E-state index contributed by atoms with van der Waals surface area (Å²) in [7, 11) is 1.72. The number of halogens is 1. The number of carbonyl (C=O) groups is 1. The first-order valence-corrected chi connectivity index (χ1v) is 11.0. The second-order valence-electron chi connectivity index (χ2n) is 8.06. The minimum atomic E-state index is -0.468. The lowest BCUT2D eigenvalue weighted by Crippen LogP contribution is -2.52. The molecule has 2 aliphatic rings. The predicted octanol–water partition coefficient (Wildman–Crippen LogP) is 2.98. The summed E-state index contributed by atoms with van der Waals surface area (Å²) in [6.45, 7) is 4.43. The Kier molecular flexibility index (Phi) is 8.69. The van der Waals surface area contributed by atoms with Crippen molar-refractivity contribution in [3.8, 4) is 5.88 Å². The van der Waals surface area contributed by atoms with E-state index in [1.165, 1.54) is 12.8 Å². The second-order valence-corrected chi connectivity index (χ2v) is 8.06. The highest BCUT2D eigenvalue weighted by Crippen LogP contribution is 2.34. The van der Waals surface area contributed by atoms with Gasteiger partial charge in [0.25, 0.3) is 5.91 Å². The number of pyridine rings is 1. The second kappa shape index (κ2) is 11.5. The SMILES string of the molecule is CC[C@@H](CCCOCCF)NC(=O)c1ccc(N2CC(OC)C2)c(OCC2CC2)n1. The number of nitrogens with zero attached hydrogens (tertiary/aromatic N) is 2. The number of amides is 1. The molecule has 0 radical (unpaired) electrons. The quantitative estimate of drug-likeness (QED) is 0.464. The molecule has 1 aliphatic heterocycles. The molecule has 168 valence electrons. The Labute approximate surface area is 178 Å². The molecule has 1 aromatic rings. The summed E-state index contributed by atoms with van der Waals surface area (Å²) in [5.41, 5.74) is 1.28. The normalized spacial score (nSPS) is 17.5. The van der Waals surface area contributed by atoms with E-state index in [1.54, 1.807) is 13.2 Å². The van der Waals surface area contributed by atoms with Crippen LogP contribution in [0.25, 0.3) is 0 Å². The maximum absolute atomic E-state index is 12.8. The molecule has 0 unspecified atom stereocenters. The molecule has 2 heterocycles. The third-order valence-electron chi connectivity index (χ3n) is 5.64. The van der Waals surface area contributed by atoms with E-state index in [2.05, 4.69) is 15.2 Å². The molecule has 1 aromatic heterocycles. The molecule has 0 aromatic carbocycles. The Balaban J connectivity index is 1.59. The largest absolute Gasteiger partial charge is 0.476 e. The van der Waals surface area contributed by atoms with Crippen molar-refractivity contribution >= 4 is 11.6 Å². The van der Waals surface area contributed by atoms with Gasteiger partial charge in [0.2, 0.25) is 5.88 Å². The van der Waals surface area contributed by atoms with Crippen LogP contribution in [0.15, 0.2) is 12.1 Å². The number of alkyl halides is 1. The van der Waals surface area contributed by atoms with Gasteiger partial charge < -0.3 is 24.4 Å². The molecular weight excluding hydrogens is 389 g/mol. The first kappa shape index (κ1) is 22.7. The topological polar surface area (TPSA) is 72.9 Å². The van der Waals surface area contributed by atoms with Gasteiger partial charge in [0, 0.05) is 32.8 Å². The van der Waals surface area contributed by atoms with Crippen molar-refractivity contribution < 1.29 is 23.4 Å². The Morgan fingerprint density at radius 2 is 2.13 bits per heavy atom. The van der Waals surface area contributed by atoms with E-state index in [0.29, 0.717) is 30.7 Å². The van der Waals surface area contributed by atoms with E-state index in [-0.39, 0.29) is 24.7 Å². The van der Waals surface area contributed by atoms with E-state index in [9.17, 15) is 9.18 Å². The molecular formula is C22H34FN3O4. The lowest BCUT2D eigenvalue weighted by molar-refractivity contribution is 0.0782. The van der Waals surface area contributed by atoms with E-state index in [0.717, 1.165) is 38.0 Å². The summed E-state index contributed by atoms with van der Waals surface area (Å²) in [6.07, 6.45) is 4.98. The third-order valence-corrected chi connectivity index (χ3v) is 5.64. The van der Waals surface area contributed by atoms with Crippen LogP contribution in [0.2, 0.25) is 0 Å². The van der Waals surface area contributed by atoms with Crippen molar-refractivity contribution in [3.63, 3.8) is 0 Å². The van der Waals surface area contributed by atoms with Crippen molar-refractivity contribution in [1.29, 1.82) is 0 Å². The van der Waals surface area contributed by atoms with Crippen molar-refractivity contribution in [1.82, 2.24) is 10.3 Å². The average Bonchev–Trinajstić information content (AvgIpc) is 3.55. The van der Waals surface area contributed by atoms with Crippen LogP contribution in [0.4, 0.5) is 10.1 Å². The van der Waals surface area contributed by atoms with E-state index < -0.39 is 6.67 Å². The Bertz CT molecular complexity index is 680. The Hall–Kier alpha value is -1.93. The average molecular weight is 424 g/mol. The summed E-state index contributed by atoms with van der Waals surface area (Å²) < 4.78 is 28.6. The summed E-state index contributed by atoms with van der Waals surface area (Å²) in [5.74, 6) is 0.925. The number of nitrogens with one attached hydrogen (secondary N) is 1. The van der Waals surface area contributed by atoms with Crippen molar-refractivity contribution in [2.45, 2.75) is 51.2 Å². The van der Waals surface area contributed by atoms with Gasteiger partial charge in [-0.2, -0.15) is 0 Å². The van der Waals surface area contributed by atoms with Crippen LogP contribution < -0.4 is 15.0 Å². The van der Waals surface area contributed by atoms with Gasteiger partial charge in [0.1, 0.15) is 18.1 Å². The lowest BCUT2D eigenvalue weighted by atomic mass is 10.1. The van der Waals surface area contributed by atoms with Crippen LogP contribution >= 0.6 is 0 Å². The first-order chi connectivity index (χ1) is 14.6. The maximum Gasteiger partial charge on any atom is 0.270 e. The number of aromatic nitrogens is 1. The summed E-state index contributed by atoms with van der Waals surface area (Å²) in [6, 6.07) is 3.70. The highest BCUT2D eigenvalue weighted by atomic mass is 19.1. The summed E-state index contributed by atoms with van der Waals surface area (Å²) in [5, 5.41) is 3.05. The number of anilines is 1. The number of carbonyl (C=O) groups excluding carboxylic acids is 1. The highest BCUT2D eigenvalue weighted by molar-refractivity contribution is 5.93. The zero-order chi connectivity index (χ0) is 21.3. The van der Waals surface area contributed by atoms with Crippen LogP contribution in [0.1, 0.15) is 49.5 Å². The number of ether oxygens (including phenoxy) is 3. The monoisotopic (exact) mass is 423 g/mol. The molecule has 1 aliphatic carbocycles. The minimum absolute atomic E-state index is 0.0293. The molecule has 0 spiro atoms. The van der Waals surface area contributed by atoms with Gasteiger partial charge in [-0.15, -0.1) is 0 Å². The zero-order valence-electron chi connectivity index (χ0n) is 18.1. The first-order valence-electron chi connectivity index (χ1n) is 11.0. The van der Waals surface area contributed by atoms with E-state index in [4.69, 9.17) is 14.2 Å². The van der Waals surface area contributed by atoms with Gasteiger partial charge in [-0.3, -0.25) is 4.79 Å². The van der Waals surface area contributed by atoms with Gasteiger partial charge in [-0.1, -0.05) is 6.92 Å². The zero-order valence-corrected chi connectivity index (χ0v) is 18.1. The fraction of sp³-hybridized carbons (Fsp3) is 0.727. The van der Waals surface area contributed by atoms with Gasteiger partial charge in [-0.25, -0.2) is 9.37 Å². The van der Waals surface area contributed by atoms with Crippen molar-refractivity contribution in [2.24, 2.45) is 5.92 Å². The number of hydrogen-bond donors (Lipinski definition) is 1. The number of rotatable bonds is 14. The summed E-state index contributed by atoms with van der Waals surface area (Å²) in [4.78, 5) is 19.5. The minimum Gasteiger partial charge on any atom is -0.476 e. The molecule has 1 saturated heterocycles. The molecule has 0 bridgehead atoms. The van der Waals surface area contributed by atoms with Gasteiger partial charge in [-0.05, 0) is 50.2 Å².